The summed E-state index contributed by atoms with van der Waals surface area (Å²) in [5.41, 5.74) is 0.838. The molecule has 0 saturated carbocycles. The molecule has 2 aromatic carbocycles. The Morgan fingerprint density at radius 3 is 2.60 bits per heavy atom. The summed E-state index contributed by atoms with van der Waals surface area (Å²) in [6, 6.07) is 14.9. The van der Waals surface area contributed by atoms with Crippen LogP contribution in [0, 0.1) is 0 Å². The van der Waals surface area contributed by atoms with Crippen molar-refractivity contribution in [2.24, 2.45) is 0 Å². The average Bonchev–Trinajstić information content (AvgIpc) is 2.46. The van der Waals surface area contributed by atoms with Crippen LogP contribution in [0.5, 0.6) is 0 Å². The van der Waals surface area contributed by atoms with Gasteiger partial charge in [-0.15, -0.1) is 0 Å². The largest absolute Gasteiger partial charge is 0.545 e. The highest BCUT2D eigenvalue weighted by atomic mass is 16.4. The zero-order chi connectivity index (χ0) is 14.1. The molecule has 0 amide bonds. The van der Waals surface area contributed by atoms with Crippen LogP contribution in [0.1, 0.15) is 10.4 Å². The average molecular weight is 265 g/mol. The van der Waals surface area contributed by atoms with E-state index < -0.39 is 11.6 Å². The first-order valence-corrected chi connectivity index (χ1v) is 6.00. The first kappa shape index (κ1) is 12.2. The molecule has 4 nitrogen and oxygen atoms in total. The fourth-order valence-electron chi connectivity index (χ4n) is 2.08. The van der Waals surface area contributed by atoms with Gasteiger partial charge in [-0.3, -0.25) is 0 Å². The number of para-hydroxylation sites is 1. The SMILES string of the molecule is O=C([O-])c1cccc(-c2cc3ccccc3oc2=O)c1. The molecular formula is C16H9O4-. The van der Waals surface area contributed by atoms with Crippen LogP contribution < -0.4 is 10.7 Å². The highest BCUT2D eigenvalue weighted by molar-refractivity contribution is 5.88. The van der Waals surface area contributed by atoms with Crippen molar-refractivity contribution in [3.05, 3.63) is 70.6 Å². The van der Waals surface area contributed by atoms with Gasteiger partial charge in [-0.05, 0) is 29.3 Å². The van der Waals surface area contributed by atoms with E-state index in [4.69, 9.17) is 4.42 Å². The van der Waals surface area contributed by atoms with Crippen LogP contribution in [0.3, 0.4) is 0 Å². The van der Waals surface area contributed by atoms with Gasteiger partial charge in [0.25, 0.3) is 0 Å². The lowest BCUT2D eigenvalue weighted by atomic mass is 10.0. The maximum atomic E-state index is 12.0. The number of hydrogen-bond acceptors (Lipinski definition) is 4. The lowest BCUT2D eigenvalue weighted by Crippen LogP contribution is -2.22. The first-order valence-electron chi connectivity index (χ1n) is 6.00. The number of carboxylic acids is 1. The molecule has 0 saturated heterocycles. The molecule has 0 bridgehead atoms. The molecule has 0 unspecified atom stereocenters. The predicted molar refractivity (Wildman–Crippen MR) is 72.3 cm³/mol. The maximum Gasteiger partial charge on any atom is 0.344 e. The van der Waals surface area contributed by atoms with E-state index in [9.17, 15) is 14.7 Å². The predicted octanol–water partition coefficient (Wildman–Crippen LogP) is 1.82. The molecule has 0 radical (unpaired) electrons. The van der Waals surface area contributed by atoms with Gasteiger partial charge >= 0.3 is 5.63 Å². The second-order valence-electron chi connectivity index (χ2n) is 4.35. The zero-order valence-electron chi connectivity index (χ0n) is 10.3. The fraction of sp³-hybridized carbons (Fsp3) is 0. The lowest BCUT2D eigenvalue weighted by molar-refractivity contribution is -0.255. The quantitative estimate of drug-likeness (QED) is 0.663. The van der Waals surface area contributed by atoms with Crippen LogP contribution in [0.4, 0.5) is 0 Å². The van der Waals surface area contributed by atoms with Crippen molar-refractivity contribution in [2.75, 3.05) is 0 Å². The molecule has 1 aromatic heterocycles. The standard InChI is InChI=1S/C16H10O4/c17-15(18)12-6-3-5-10(8-12)13-9-11-4-1-2-7-14(11)20-16(13)19/h1-9H,(H,17,18)/p-1. The minimum atomic E-state index is -1.28. The number of hydrogen-bond donors (Lipinski definition) is 0. The summed E-state index contributed by atoms with van der Waals surface area (Å²) in [5, 5.41) is 11.6. The molecule has 0 fully saturated rings. The number of aromatic carboxylic acids is 1. The smallest absolute Gasteiger partial charge is 0.344 e. The van der Waals surface area contributed by atoms with Gasteiger partial charge in [0.05, 0.1) is 11.5 Å². The summed E-state index contributed by atoms with van der Waals surface area (Å²) < 4.78 is 5.23. The molecular weight excluding hydrogens is 256 g/mol. The Labute approximate surface area is 113 Å². The van der Waals surface area contributed by atoms with E-state index in [0.717, 1.165) is 5.39 Å². The third-order valence-electron chi connectivity index (χ3n) is 3.05. The number of carbonyl (C=O) groups excluding carboxylic acids is 1. The Morgan fingerprint density at radius 1 is 1.00 bits per heavy atom. The number of benzene rings is 2. The van der Waals surface area contributed by atoms with Crippen LogP contribution in [-0.4, -0.2) is 5.97 Å². The van der Waals surface area contributed by atoms with Crippen molar-refractivity contribution in [1.29, 1.82) is 0 Å². The van der Waals surface area contributed by atoms with Crippen molar-refractivity contribution >= 4 is 16.9 Å². The van der Waals surface area contributed by atoms with Crippen LogP contribution in [0.15, 0.2) is 63.8 Å². The minimum absolute atomic E-state index is 0.0232. The van der Waals surface area contributed by atoms with Gasteiger partial charge in [0.15, 0.2) is 0 Å². The van der Waals surface area contributed by atoms with Crippen molar-refractivity contribution in [3.8, 4) is 11.1 Å². The molecule has 0 atom stereocenters. The van der Waals surface area contributed by atoms with E-state index >= 15 is 0 Å². The van der Waals surface area contributed by atoms with Gasteiger partial charge in [-0.2, -0.15) is 0 Å². The van der Waals surface area contributed by atoms with Crippen LogP contribution >= 0.6 is 0 Å². The summed E-state index contributed by atoms with van der Waals surface area (Å²) >= 11 is 0. The molecule has 98 valence electrons. The van der Waals surface area contributed by atoms with E-state index in [1.807, 2.05) is 12.1 Å². The van der Waals surface area contributed by atoms with Gasteiger partial charge in [-0.1, -0.05) is 36.4 Å². The Bertz CT molecular complexity index is 861. The van der Waals surface area contributed by atoms with Crippen molar-refractivity contribution < 1.29 is 14.3 Å². The Hall–Kier alpha value is -2.88. The molecule has 0 spiro atoms. The topological polar surface area (TPSA) is 70.3 Å². The summed E-state index contributed by atoms with van der Waals surface area (Å²) in [5.74, 6) is -1.28. The Balaban J connectivity index is 2.24. The molecule has 0 N–H and O–H groups in total. The van der Waals surface area contributed by atoms with E-state index in [1.165, 1.54) is 12.1 Å². The summed E-state index contributed by atoms with van der Waals surface area (Å²) in [4.78, 5) is 22.9. The lowest BCUT2D eigenvalue weighted by Gasteiger charge is -2.06. The molecule has 0 aliphatic carbocycles. The molecule has 1 heterocycles. The molecule has 3 aromatic rings. The highest BCUT2D eigenvalue weighted by Gasteiger charge is 2.08. The second-order valence-corrected chi connectivity index (χ2v) is 4.35. The normalized spacial score (nSPS) is 10.6. The van der Waals surface area contributed by atoms with E-state index in [-0.39, 0.29) is 5.56 Å². The Kier molecular flexibility index (Phi) is 2.84. The van der Waals surface area contributed by atoms with E-state index in [1.54, 1.807) is 30.3 Å². The van der Waals surface area contributed by atoms with E-state index in [2.05, 4.69) is 0 Å². The van der Waals surface area contributed by atoms with Gasteiger partial charge in [0, 0.05) is 5.39 Å². The summed E-state index contributed by atoms with van der Waals surface area (Å²) in [6.45, 7) is 0. The second kappa shape index (κ2) is 4.66. The zero-order valence-corrected chi connectivity index (χ0v) is 10.3. The van der Waals surface area contributed by atoms with Crippen molar-refractivity contribution in [2.45, 2.75) is 0 Å². The Morgan fingerprint density at radius 2 is 1.80 bits per heavy atom. The number of carboxylic acid groups (broad SMARTS) is 1. The summed E-state index contributed by atoms with van der Waals surface area (Å²) in [6.07, 6.45) is 0. The van der Waals surface area contributed by atoms with Crippen LogP contribution in [0.2, 0.25) is 0 Å². The first-order chi connectivity index (χ1) is 9.65. The highest BCUT2D eigenvalue weighted by Crippen LogP contribution is 2.21. The number of rotatable bonds is 2. The molecule has 3 rings (SSSR count). The third-order valence-corrected chi connectivity index (χ3v) is 3.05. The van der Waals surface area contributed by atoms with Crippen molar-refractivity contribution in [1.82, 2.24) is 0 Å². The fourth-order valence-corrected chi connectivity index (χ4v) is 2.08. The van der Waals surface area contributed by atoms with Crippen molar-refractivity contribution in [3.63, 3.8) is 0 Å². The van der Waals surface area contributed by atoms with Crippen LogP contribution in [0.25, 0.3) is 22.1 Å². The van der Waals surface area contributed by atoms with Gasteiger partial charge in [0.1, 0.15) is 5.58 Å². The van der Waals surface area contributed by atoms with Gasteiger partial charge in [0.2, 0.25) is 0 Å². The monoisotopic (exact) mass is 265 g/mol. The van der Waals surface area contributed by atoms with Gasteiger partial charge in [-0.25, -0.2) is 4.79 Å². The third kappa shape index (κ3) is 2.07. The molecule has 0 aliphatic rings. The molecule has 0 aliphatic heterocycles. The van der Waals surface area contributed by atoms with Crippen LogP contribution in [-0.2, 0) is 0 Å². The molecule has 20 heavy (non-hydrogen) atoms. The minimum Gasteiger partial charge on any atom is -0.545 e. The maximum absolute atomic E-state index is 12.0. The van der Waals surface area contributed by atoms with E-state index in [0.29, 0.717) is 16.7 Å². The molecule has 4 heteroatoms. The number of fused-ring (bicyclic) bond motifs is 1. The number of carbonyl (C=O) groups is 1. The summed E-state index contributed by atoms with van der Waals surface area (Å²) in [7, 11) is 0. The van der Waals surface area contributed by atoms with Gasteiger partial charge < -0.3 is 14.3 Å².